The van der Waals surface area contributed by atoms with Gasteiger partial charge in [-0.3, -0.25) is 4.79 Å². The van der Waals surface area contributed by atoms with Crippen molar-refractivity contribution in [2.24, 2.45) is 0 Å². The van der Waals surface area contributed by atoms with Crippen molar-refractivity contribution in [3.8, 4) is 0 Å². The van der Waals surface area contributed by atoms with E-state index in [1.54, 1.807) is 18.3 Å². The van der Waals surface area contributed by atoms with Crippen LogP contribution in [0.5, 0.6) is 0 Å². The minimum Gasteiger partial charge on any atom is -0.309 e. The lowest BCUT2D eigenvalue weighted by Crippen LogP contribution is -2.10. The molecule has 2 rings (SSSR count). The van der Waals surface area contributed by atoms with E-state index in [0.29, 0.717) is 11.2 Å². The predicted octanol–water partition coefficient (Wildman–Crippen LogP) is 2.85. The molecular weight excluding hydrogens is 232 g/mol. The molecule has 80 valence electrons. The highest BCUT2D eigenvalue weighted by atomic mass is 35.5. The Kier molecular flexibility index (Phi) is 2.80. The third-order valence-electron chi connectivity index (χ3n) is 2.20. The number of H-pyrrole nitrogens is 1. The number of halogens is 1. The second kappa shape index (κ2) is 3.94. The molecule has 2 heterocycles. The van der Waals surface area contributed by atoms with E-state index >= 15 is 0 Å². The SMILES string of the molecule is CCc1cc2c(=O)[nH]c([C@H](C)Cl)nc2s1. The van der Waals surface area contributed by atoms with Crippen molar-refractivity contribution in [2.45, 2.75) is 25.6 Å². The Morgan fingerprint density at radius 3 is 3.00 bits per heavy atom. The summed E-state index contributed by atoms with van der Waals surface area (Å²) in [6.45, 7) is 3.85. The van der Waals surface area contributed by atoms with Crippen molar-refractivity contribution in [1.29, 1.82) is 0 Å². The third kappa shape index (κ3) is 1.92. The number of hydrogen-bond donors (Lipinski definition) is 1. The number of aromatic nitrogens is 2. The molecule has 0 spiro atoms. The van der Waals surface area contributed by atoms with Crippen LogP contribution in [0.25, 0.3) is 10.2 Å². The van der Waals surface area contributed by atoms with Crippen LogP contribution < -0.4 is 5.56 Å². The van der Waals surface area contributed by atoms with Crippen LogP contribution >= 0.6 is 22.9 Å². The van der Waals surface area contributed by atoms with E-state index in [1.807, 2.05) is 6.07 Å². The van der Waals surface area contributed by atoms with E-state index in [1.165, 1.54) is 4.88 Å². The number of aromatic amines is 1. The van der Waals surface area contributed by atoms with Crippen molar-refractivity contribution in [3.05, 3.63) is 27.1 Å². The van der Waals surface area contributed by atoms with Crippen LogP contribution in [0.2, 0.25) is 0 Å². The average Bonchev–Trinajstić information content (AvgIpc) is 2.61. The first-order valence-electron chi connectivity index (χ1n) is 4.78. The number of thiophene rings is 1. The highest BCUT2D eigenvalue weighted by molar-refractivity contribution is 7.18. The Morgan fingerprint density at radius 2 is 2.40 bits per heavy atom. The highest BCUT2D eigenvalue weighted by Crippen LogP contribution is 2.23. The summed E-state index contributed by atoms with van der Waals surface area (Å²) in [5, 5.41) is 0.396. The van der Waals surface area contributed by atoms with Crippen molar-refractivity contribution in [3.63, 3.8) is 0 Å². The van der Waals surface area contributed by atoms with Crippen LogP contribution in [0.4, 0.5) is 0 Å². The molecule has 2 aromatic heterocycles. The molecule has 5 heteroatoms. The molecule has 2 aromatic rings. The molecule has 0 saturated carbocycles. The number of fused-ring (bicyclic) bond motifs is 1. The van der Waals surface area contributed by atoms with Gasteiger partial charge in [-0.25, -0.2) is 4.98 Å². The van der Waals surface area contributed by atoms with Gasteiger partial charge in [0.25, 0.3) is 5.56 Å². The molecule has 1 atom stereocenters. The average molecular weight is 243 g/mol. The number of alkyl halides is 1. The van der Waals surface area contributed by atoms with Gasteiger partial charge in [0, 0.05) is 4.88 Å². The van der Waals surface area contributed by atoms with Gasteiger partial charge in [0.1, 0.15) is 10.7 Å². The molecule has 0 aliphatic rings. The number of nitrogens with zero attached hydrogens (tertiary/aromatic N) is 1. The molecule has 0 unspecified atom stereocenters. The van der Waals surface area contributed by atoms with Gasteiger partial charge in [-0.05, 0) is 19.4 Å². The number of rotatable bonds is 2. The van der Waals surface area contributed by atoms with Crippen LogP contribution in [-0.2, 0) is 6.42 Å². The molecule has 0 radical (unpaired) electrons. The topological polar surface area (TPSA) is 45.8 Å². The molecule has 0 amide bonds. The standard InChI is InChI=1S/C10H11ClN2OS/c1-3-6-4-7-9(14)12-8(5(2)11)13-10(7)15-6/h4-5H,3H2,1-2H3,(H,12,13,14)/t5-/m0/s1. The van der Waals surface area contributed by atoms with E-state index in [2.05, 4.69) is 16.9 Å². The second-order valence-corrected chi connectivity index (χ2v) is 5.12. The van der Waals surface area contributed by atoms with Crippen molar-refractivity contribution < 1.29 is 0 Å². The molecule has 3 nitrogen and oxygen atoms in total. The smallest absolute Gasteiger partial charge is 0.259 e. The molecule has 0 aliphatic carbocycles. The first-order valence-corrected chi connectivity index (χ1v) is 6.03. The predicted molar refractivity (Wildman–Crippen MR) is 63.9 cm³/mol. The van der Waals surface area contributed by atoms with Crippen LogP contribution in [0.3, 0.4) is 0 Å². The normalized spacial score (nSPS) is 13.3. The Bertz CT molecular complexity index is 544. The van der Waals surface area contributed by atoms with Gasteiger partial charge in [-0.15, -0.1) is 22.9 Å². The number of aryl methyl sites for hydroxylation is 1. The zero-order valence-corrected chi connectivity index (χ0v) is 10.1. The van der Waals surface area contributed by atoms with Crippen LogP contribution in [0.15, 0.2) is 10.9 Å². The Morgan fingerprint density at radius 1 is 1.67 bits per heavy atom. The minimum atomic E-state index is -0.269. The molecule has 0 saturated heterocycles. The Balaban J connectivity index is 2.70. The van der Waals surface area contributed by atoms with E-state index in [0.717, 1.165) is 11.3 Å². The van der Waals surface area contributed by atoms with E-state index < -0.39 is 0 Å². The first kappa shape index (κ1) is 10.6. The fraction of sp³-hybridized carbons (Fsp3) is 0.400. The van der Waals surface area contributed by atoms with Gasteiger partial charge in [0.05, 0.1) is 10.8 Å². The number of nitrogens with one attached hydrogen (secondary N) is 1. The van der Waals surface area contributed by atoms with Crippen LogP contribution in [-0.4, -0.2) is 9.97 Å². The summed E-state index contributed by atoms with van der Waals surface area (Å²) in [6.07, 6.45) is 0.923. The lowest BCUT2D eigenvalue weighted by atomic mass is 10.3. The fourth-order valence-corrected chi connectivity index (χ4v) is 2.44. The molecule has 1 N–H and O–H groups in total. The lowest BCUT2D eigenvalue weighted by Gasteiger charge is -2.00. The molecule has 0 aromatic carbocycles. The summed E-state index contributed by atoms with van der Waals surface area (Å²) in [6, 6.07) is 1.90. The van der Waals surface area contributed by atoms with Crippen LogP contribution in [0.1, 0.15) is 29.9 Å². The molecule has 15 heavy (non-hydrogen) atoms. The maximum atomic E-state index is 11.7. The molecular formula is C10H11ClN2OS. The molecule has 0 fully saturated rings. The van der Waals surface area contributed by atoms with E-state index in [-0.39, 0.29) is 10.9 Å². The van der Waals surface area contributed by atoms with Gasteiger partial charge in [-0.2, -0.15) is 0 Å². The largest absolute Gasteiger partial charge is 0.309 e. The minimum absolute atomic E-state index is 0.0987. The van der Waals surface area contributed by atoms with Gasteiger partial charge >= 0.3 is 0 Å². The van der Waals surface area contributed by atoms with Gasteiger partial charge in [0.15, 0.2) is 0 Å². The van der Waals surface area contributed by atoms with E-state index in [9.17, 15) is 4.79 Å². The van der Waals surface area contributed by atoms with E-state index in [4.69, 9.17) is 11.6 Å². The van der Waals surface area contributed by atoms with Gasteiger partial charge in [-0.1, -0.05) is 6.92 Å². The summed E-state index contributed by atoms with van der Waals surface area (Å²) in [5.41, 5.74) is -0.0987. The number of hydrogen-bond acceptors (Lipinski definition) is 3. The molecule has 0 aliphatic heterocycles. The summed E-state index contributed by atoms with van der Waals surface area (Å²) in [5.74, 6) is 0.540. The maximum absolute atomic E-state index is 11.7. The zero-order chi connectivity index (χ0) is 11.0. The summed E-state index contributed by atoms with van der Waals surface area (Å²) in [7, 11) is 0. The quantitative estimate of drug-likeness (QED) is 0.824. The Hall–Kier alpha value is -0.870. The first-order chi connectivity index (χ1) is 7.11. The Labute approximate surface area is 96.1 Å². The zero-order valence-electron chi connectivity index (χ0n) is 8.50. The van der Waals surface area contributed by atoms with Crippen molar-refractivity contribution in [1.82, 2.24) is 9.97 Å². The van der Waals surface area contributed by atoms with Gasteiger partial charge < -0.3 is 4.98 Å². The maximum Gasteiger partial charge on any atom is 0.259 e. The lowest BCUT2D eigenvalue weighted by molar-refractivity contribution is 0.917. The summed E-state index contributed by atoms with van der Waals surface area (Å²) < 4.78 is 0. The highest BCUT2D eigenvalue weighted by Gasteiger charge is 2.10. The second-order valence-electron chi connectivity index (χ2n) is 3.35. The third-order valence-corrected chi connectivity index (χ3v) is 3.58. The van der Waals surface area contributed by atoms with Crippen molar-refractivity contribution in [2.75, 3.05) is 0 Å². The summed E-state index contributed by atoms with van der Waals surface area (Å²) >= 11 is 7.44. The fourth-order valence-electron chi connectivity index (χ4n) is 1.36. The summed E-state index contributed by atoms with van der Waals surface area (Å²) in [4.78, 5) is 20.7. The van der Waals surface area contributed by atoms with Crippen molar-refractivity contribution >= 4 is 33.2 Å². The van der Waals surface area contributed by atoms with Crippen LogP contribution in [0, 0.1) is 0 Å². The molecule has 0 bridgehead atoms. The monoisotopic (exact) mass is 242 g/mol. The van der Waals surface area contributed by atoms with Gasteiger partial charge in [0.2, 0.25) is 0 Å².